The maximum Gasteiger partial charge on any atom is 0.234 e. The summed E-state index contributed by atoms with van der Waals surface area (Å²) in [6, 6.07) is 15.3. The van der Waals surface area contributed by atoms with Gasteiger partial charge in [0.2, 0.25) is 5.91 Å². The van der Waals surface area contributed by atoms with Crippen LogP contribution in [0.4, 0.5) is 0 Å². The summed E-state index contributed by atoms with van der Waals surface area (Å²) in [4.78, 5) is 20.5. The summed E-state index contributed by atoms with van der Waals surface area (Å²) in [5.74, 6) is 0.148. The van der Waals surface area contributed by atoms with Crippen LogP contribution in [0.5, 0.6) is 5.75 Å². The molecule has 0 aliphatic rings. The van der Waals surface area contributed by atoms with Crippen molar-refractivity contribution < 1.29 is 14.7 Å². The highest BCUT2D eigenvalue weighted by Crippen LogP contribution is 2.20. The van der Waals surface area contributed by atoms with Gasteiger partial charge in [-0.15, -0.1) is 0 Å². The average molecular weight is 452 g/mol. The van der Waals surface area contributed by atoms with Gasteiger partial charge in [0.05, 0.1) is 13.1 Å². The van der Waals surface area contributed by atoms with Crippen molar-refractivity contribution in [3.8, 4) is 5.75 Å². The maximum absolute atomic E-state index is 10.7. The molecule has 0 atom stereocenters. The van der Waals surface area contributed by atoms with E-state index in [-0.39, 0.29) is 18.2 Å². The Morgan fingerprint density at radius 3 is 2.26 bits per heavy atom. The highest BCUT2D eigenvalue weighted by molar-refractivity contribution is 6.30. The number of hydrogen-bond acceptors (Lipinski definition) is 5. The third kappa shape index (κ3) is 19.3. The highest BCUT2D eigenvalue weighted by Gasteiger charge is 1.99. The predicted octanol–water partition coefficient (Wildman–Crippen LogP) is 4.09. The van der Waals surface area contributed by atoms with Crippen molar-refractivity contribution in [1.82, 2.24) is 16.0 Å². The molecule has 0 bridgehead atoms. The minimum atomic E-state index is -0.134. The molecular formula is C24H38ClN3O3. The summed E-state index contributed by atoms with van der Waals surface area (Å²) in [5, 5.41) is 18.2. The van der Waals surface area contributed by atoms with E-state index >= 15 is 0 Å². The van der Waals surface area contributed by atoms with Crippen LogP contribution in [0.25, 0.3) is 0 Å². The Hall–Kier alpha value is -2.41. The molecule has 7 heteroatoms. The first-order valence-electron chi connectivity index (χ1n) is 10.5. The van der Waals surface area contributed by atoms with Gasteiger partial charge in [-0.2, -0.15) is 0 Å². The molecule has 0 saturated heterocycles. The number of aromatic hydroxyl groups is 1. The van der Waals surface area contributed by atoms with Crippen LogP contribution >= 0.6 is 11.6 Å². The van der Waals surface area contributed by atoms with Gasteiger partial charge < -0.3 is 25.9 Å². The molecular weight excluding hydrogens is 414 g/mol. The Balaban J connectivity index is 0. The molecule has 2 rings (SSSR count). The maximum atomic E-state index is 10.7. The second-order valence-corrected chi connectivity index (χ2v) is 6.54. The van der Waals surface area contributed by atoms with E-state index in [1.54, 1.807) is 18.2 Å². The van der Waals surface area contributed by atoms with Gasteiger partial charge in [0.25, 0.3) is 0 Å². The van der Waals surface area contributed by atoms with Crippen molar-refractivity contribution in [1.29, 1.82) is 0 Å². The normalized spacial score (nSPS) is 8.97. The number of phenolic OH excluding ortho intramolecular Hbond substituents is 1. The number of carbonyl (C=O) groups excluding carboxylic acids is 2. The summed E-state index contributed by atoms with van der Waals surface area (Å²) >= 11 is 5.71. The molecule has 2 aromatic carbocycles. The van der Waals surface area contributed by atoms with Crippen molar-refractivity contribution in [3.63, 3.8) is 0 Å². The van der Waals surface area contributed by atoms with Crippen LogP contribution in [0.15, 0.2) is 48.5 Å². The van der Waals surface area contributed by atoms with Crippen LogP contribution in [0.3, 0.4) is 0 Å². The number of phenols is 1. The van der Waals surface area contributed by atoms with Gasteiger partial charge in [0, 0.05) is 17.1 Å². The fourth-order valence-corrected chi connectivity index (χ4v) is 2.21. The number of benzene rings is 2. The molecule has 6 nitrogen and oxygen atoms in total. The number of rotatable bonds is 8. The quantitative estimate of drug-likeness (QED) is 0.358. The lowest BCUT2D eigenvalue weighted by Crippen LogP contribution is -2.34. The van der Waals surface area contributed by atoms with E-state index in [2.05, 4.69) is 35.0 Å². The zero-order valence-corrected chi connectivity index (χ0v) is 20.1. The molecule has 0 radical (unpaired) electrons. The number of aryl methyl sites for hydroxylation is 1. The van der Waals surface area contributed by atoms with Crippen molar-refractivity contribution in [2.45, 2.75) is 40.7 Å². The molecule has 174 valence electrons. The van der Waals surface area contributed by atoms with Crippen molar-refractivity contribution in [3.05, 3.63) is 64.7 Å². The summed E-state index contributed by atoms with van der Waals surface area (Å²) in [7, 11) is 1.82. The predicted molar refractivity (Wildman–Crippen MR) is 131 cm³/mol. The molecule has 0 saturated carbocycles. The third-order valence-electron chi connectivity index (χ3n) is 3.44. The highest BCUT2D eigenvalue weighted by atomic mass is 35.5. The van der Waals surface area contributed by atoms with E-state index in [0.29, 0.717) is 24.4 Å². The third-order valence-corrected chi connectivity index (χ3v) is 3.68. The molecule has 0 aromatic heterocycles. The van der Waals surface area contributed by atoms with Crippen molar-refractivity contribution in [2.24, 2.45) is 0 Å². The lowest BCUT2D eigenvalue weighted by atomic mass is 10.2. The topological polar surface area (TPSA) is 90.5 Å². The molecule has 4 N–H and O–H groups in total. The molecule has 0 spiro atoms. The summed E-state index contributed by atoms with van der Waals surface area (Å²) in [6.07, 6.45) is 1.67. The molecule has 0 aliphatic carbocycles. The molecule has 2 aromatic rings. The molecule has 0 heterocycles. The van der Waals surface area contributed by atoms with Crippen LogP contribution in [0.1, 0.15) is 38.3 Å². The SMILES string of the molecule is CC.CCCNCC(=O)NCC=O.CNCc1cc(Cl)ccc1O.Cc1ccccc1. The Kier molecular flexibility index (Phi) is 22.1. The second kappa shape index (κ2) is 22.3. The van der Waals surface area contributed by atoms with Gasteiger partial charge in [-0.3, -0.25) is 4.79 Å². The van der Waals surface area contributed by atoms with Gasteiger partial charge in [-0.1, -0.05) is 68.3 Å². The summed E-state index contributed by atoms with van der Waals surface area (Å²) < 4.78 is 0. The largest absolute Gasteiger partial charge is 0.508 e. The number of aldehydes is 1. The van der Waals surface area contributed by atoms with E-state index in [1.165, 1.54) is 5.56 Å². The molecule has 0 unspecified atom stereocenters. The first-order valence-corrected chi connectivity index (χ1v) is 10.9. The fraction of sp³-hybridized carbons (Fsp3) is 0.417. The summed E-state index contributed by atoms with van der Waals surface area (Å²) in [5.41, 5.74) is 2.14. The van der Waals surface area contributed by atoms with Crippen LogP contribution in [-0.4, -0.2) is 44.0 Å². The minimum Gasteiger partial charge on any atom is -0.508 e. The minimum absolute atomic E-state index is 0.104. The summed E-state index contributed by atoms with van der Waals surface area (Å²) in [6.45, 7) is 9.96. The lowest BCUT2D eigenvalue weighted by Gasteiger charge is -2.02. The fourth-order valence-electron chi connectivity index (χ4n) is 2.02. The van der Waals surface area contributed by atoms with Gasteiger partial charge in [0.1, 0.15) is 12.0 Å². The van der Waals surface area contributed by atoms with Gasteiger partial charge in [-0.25, -0.2) is 0 Å². The van der Waals surface area contributed by atoms with Crippen LogP contribution in [0.2, 0.25) is 5.02 Å². The molecule has 0 fully saturated rings. The molecule has 1 amide bonds. The van der Waals surface area contributed by atoms with E-state index in [9.17, 15) is 14.7 Å². The van der Waals surface area contributed by atoms with Gasteiger partial charge in [-0.05, 0) is 45.1 Å². The first-order chi connectivity index (χ1) is 14.9. The van der Waals surface area contributed by atoms with Crippen LogP contribution in [0, 0.1) is 6.92 Å². The Labute approximate surface area is 192 Å². The zero-order valence-electron chi connectivity index (χ0n) is 19.4. The van der Waals surface area contributed by atoms with Crippen molar-refractivity contribution >= 4 is 23.8 Å². The monoisotopic (exact) mass is 451 g/mol. The number of nitrogens with one attached hydrogen (secondary N) is 3. The smallest absolute Gasteiger partial charge is 0.234 e. The van der Waals surface area contributed by atoms with Gasteiger partial charge >= 0.3 is 0 Å². The number of amides is 1. The average Bonchev–Trinajstić information content (AvgIpc) is 2.78. The van der Waals surface area contributed by atoms with E-state index in [4.69, 9.17) is 11.6 Å². The van der Waals surface area contributed by atoms with E-state index in [1.807, 2.05) is 46.0 Å². The second-order valence-electron chi connectivity index (χ2n) is 6.11. The number of halogens is 1. The van der Waals surface area contributed by atoms with Gasteiger partial charge in [0.15, 0.2) is 0 Å². The lowest BCUT2D eigenvalue weighted by molar-refractivity contribution is -0.121. The molecule has 31 heavy (non-hydrogen) atoms. The standard InChI is InChI=1S/C8H10ClNO.C7H14N2O2.C7H8.C2H6/c1-10-5-6-4-7(9)2-3-8(6)11;1-2-3-8-6-7(11)9-4-5-10;1-7-5-3-2-4-6-7;1-2/h2-4,10-11H,5H2,1H3;5,8H,2-4,6H2,1H3,(H,9,11);2-6H,1H3;1-2H3. The zero-order chi connectivity index (χ0) is 23.9. The Morgan fingerprint density at radius 1 is 1.13 bits per heavy atom. The Morgan fingerprint density at radius 2 is 1.77 bits per heavy atom. The van der Waals surface area contributed by atoms with E-state index < -0.39 is 0 Å². The Bertz CT molecular complexity index is 698. The van der Waals surface area contributed by atoms with E-state index in [0.717, 1.165) is 18.5 Å². The number of hydrogen-bond donors (Lipinski definition) is 4. The first kappa shape index (κ1) is 30.8. The van der Waals surface area contributed by atoms with Crippen LogP contribution < -0.4 is 16.0 Å². The van der Waals surface area contributed by atoms with Crippen molar-refractivity contribution in [2.75, 3.05) is 26.7 Å². The van der Waals surface area contributed by atoms with Crippen LogP contribution in [-0.2, 0) is 16.1 Å². The molecule has 0 aliphatic heterocycles. The number of carbonyl (C=O) groups is 2.